The van der Waals surface area contributed by atoms with Gasteiger partial charge in [-0.15, -0.1) is 0 Å². The second-order valence-electron chi connectivity index (χ2n) is 2.62. The highest BCUT2D eigenvalue weighted by Crippen LogP contribution is 2.23. The van der Waals surface area contributed by atoms with Gasteiger partial charge in [0.15, 0.2) is 5.65 Å². The smallest absolute Gasteiger partial charge is 0.304 e. The van der Waals surface area contributed by atoms with Crippen molar-refractivity contribution in [1.82, 2.24) is 14.5 Å². The number of aromatic amines is 1. The average molecular weight is 307 g/mol. The summed E-state index contributed by atoms with van der Waals surface area (Å²) in [7, 11) is 1.68. The molecule has 13 heavy (non-hydrogen) atoms. The van der Waals surface area contributed by atoms with Gasteiger partial charge in [-0.1, -0.05) is 0 Å². The van der Waals surface area contributed by atoms with Gasteiger partial charge in [-0.2, -0.15) is 0 Å². The molecule has 2 aromatic rings. The Kier molecular flexibility index (Phi) is 2.03. The van der Waals surface area contributed by atoms with Crippen LogP contribution >= 0.6 is 31.9 Å². The Morgan fingerprint density at radius 2 is 2.23 bits per heavy atom. The first-order chi connectivity index (χ1) is 6.09. The molecule has 0 unspecified atom stereocenters. The van der Waals surface area contributed by atoms with Gasteiger partial charge < -0.3 is 4.98 Å². The van der Waals surface area contributed by atoms with E-state index in [2.05, 4.69) is 41.8 Å². The average Bonchev–Trinajstić information content (AvgIpc) is 2.32. The van der Waals surface area contributed by atoms with E-state index < -0.39 is 0 Å². The SMILES string of the molecule is Cn1c(=O)[nH]c2cc(Br)c(Br)nc21. The Morgan fingerprint density at radius 3 is 2.92 bits per heavy atom. The molecule has 1 N–H and O–H groups in total. The van der Waals surface area contributed by atoms with E-state index >= 15 is 0 Å². The van der Waals surface area contributed by atoms with Crippen molar-refractivity contribution in [1.29, 1.82) is 0 Å². The third kappa shape index (κ3) is 1.34. The number of aryl methyl sites for hydroxylation is 1. The van der Waals surface area contributed by atoms with Crippen molar-refractivity contribution in [3.05, 3.63) is 25.6 Å². The molecule has 0 atom stereocenters. The zero-order valence-corrected chi connectivity index (χ0v) is 9.81. The molecule has 0 saturated carbocycles. The van der Waals surface area contributed by atoms with Gasteiger partial charge in [-0.05, 0) is 37.9 Å². The van der Waals surface area contributed by atoms with Gasteiger partial charge in [0.05, 0.1) is 9.99 Å². The largest absolute Gasteiger partial charge is 0.327 e. The van der Waals surface area contributed by atoms with E-state index in [1.807, 2.05) is 6.07 Å². The van der Waals surface area contributed by atoms with Gasteiger partial charge in [-0.25, -0.2) is 9.78 Å². The number of pyridine rings is 1. The first-order valence-electron chi connectivity index (χ1n) is 3.50. The van der Waals surface area contributed by atoms with E-state index in [4.69, 9.17) is 0 Å². The first-order valence-corrected chi connectivity index (χ1v) is 5.09. The van der Waals surface area contributed by atoms with Crippen LogP contribution in [0.3, 0.4) is 0 Å². The Morgan fingerprint density at radius 1 is 1.54 bits per heavy atom. The third-order valence-electron chi connectivity index (χ3n) is 1.78. The molecule has 0 radical (unpaired) electrons. The summed E-state index contributed by atoms with van der Waals surface area (Å²) in [6, 6.07) is 1.81. The lowest BCUT2D eigenvalue weighted by molar-refractivity contribution is 0.877. The summed E-state index contributed by atoms with van der Waals surface area (Å²) in [5, 5.41) is 0. The highest BCUT2D eigenvalue weighted by atomic mass is 79.9. The molecule has 2 rings (SSSR count). The maximum absolute atomic E-state index is 11.2. The maximum atomic E-state index is 11.2. The molecule has 0 bridgehead atoms. The number of hydrogen-bond donors (Lipinski definition) is 1. The van der Waals surface area contributed by atoms with Gasteiger partial charge in [0.25, 0.3) is 0 Å². The quantitative estimate of drug-likeness (QED) is 0.754. The molecule has 2 heterocycles. The Hall–Kier alpha value is -0.620. The minimum atomic E-state index is -0.160. The second kappa shape index (κ2) is 2.95. The van der Waals surface area contributed by atoms with Crippen molar-refractivity contribution < 1.29 is 0 Å². The number of nitrogens with one attached hydrogen (secondary N) is 1. The van der Waals surface area contributed by atoms with Gasteiger partial charge in [0.1, 0.15) is 4.60 Å². The molecule has 0 aliphatic heterocycles. The standard InChI is InChI=1S/C7H5Br2N3O/c1-12-6-4(10-7(12)13)2-3(8)5(9)11-6/h2H,1H3,(H,10,13). The number of aromatic nitrogens is 3. The predicted octanol–water partition coefficient (Wildman–Crippen LogP) is 1.79. The molecule has 68 valence electrons. The fourth-order valence-electron chi connectivity index (χ4n) is 1.10. The van der Waals surface area contributed by atoms with Crippen LogP contribution in [0.4, 0.5) is 0 Å². The van der Waals surface area contributed by atoms with Crippen LogP contribution in [0, 0.1) is 0 Å². The Balaban J connectivity index is 2.97. The zero-order valence-electron chi connectivity index (χ0n) is 6.64. The summed E-state index contributed by atoms with van der Waals surface area (Å²) >= 11 is 6.58. The molecule has 0 saturated heterocycles. The molecule has 0 aliphatic rings. The van der Waals surface area contributed by atoms with Crippen LogP contribution in [0.15, 0.2) is 19.9 Å². The van der Waals surface area contributed by atoms with Crippen molar-refractivity contribution >= 4 is 43.0 Å². The van der Waals surface area contributed by atoms with E-state index in [9.17, 15) is 4.79 Å². The minimum Gasteiger partial charge on any atom is -0.304 e. The number of H-pyrrole nitrogens is 1. The normalized spacial score (nSPS) is 11.0. The van der Waals surface area contributed by atoms with Gasteiger partial charge >= 0.3 is 5.69 Å². The van der Waals surface area contributed by atoms with Crippen molar-refractivity contribution in [2.45, 2.75) is 0 Å². The van der Waals surface area contributed by atoms with Gasteiger partial charge in [-0.3, -0.25) is 4.57 Å². The van der Waals surface area contributed by atoms with E-state index in [1.165, 1.54) is 4.57 Å². The maximum Gasteiger partial charge on any atom is 0.327 e. The van der Waals surface area contributed by atoms with Gasteiger partial charge in [0.2, 0.25) is 0 Å². The zero-order chi connectivity index (χ0) is 9.59. The molecular weight excluding hydrogens is 302 g/mol. The summed E-state index contributed by atoms with van der Waals surface area (Å²) in [5.41, 5.74) is 1.20. The Bertz CT molecular complexity index is 528. The van der Waals surface area contributed by atoms with Gasteiger partial charge in [0, 0.05) is 7.05 Å². The van der Waals surface area contributed by atoms with Crippen LogP contribution < -0.4 is 5.69 Å². The highest BCUT2D eigenvalue weighted by molar-refractivity contribution is 9.13. The number of halogens is 2. The molecule has 0 aromatic carbocycles. The van der Waals surface area contributed by atoms with E-state index in [1.54, 1.807) is 7.05 Å². The van der Waals surface area contributed by atoms with Crippen LogP contribution in [0.5, 0.6) is 0 Å². The molecular formula is C7H5Br2N3O. The number of imidazole rings is 1. The number of rotatable bonds is 0. The summed E-state index contributed by atoms with van der Waals surface area (Å²) < 4.78 is 2.98. The number of fused-ring (bicyclic) bond motifs is 1. The van der Waals surface area contributed by atoms with Crippen LogP contribution in [-0.4, -0.2) is 14.5 Å². The second-order valence-corrected chi connectivity index (χ2v) is 4.23. The van der Waals surface area contributed by atoms with Crippen LogP contribution in [0.2, 0.25) is 0 Å². The van der Waals surface area contributed by atoms with Crippen LogP contribution in [0.25, 0.3) is 11.2 Å². The monoisotopic (exact) mass is 305 g/mol. The highest BCUT2D eigenvalue weighted by Gasteiger charge is 2.07. The summed E-state index contributed by atoms with van der Waals surface area (Å²) in [4.78, 5) is 18.1. The fraction of sp³-hybridized carbons (Fsp3) is 0.143. The van der Waals surface area contributed by atoms with E-state index in [-0.39, 0.29) is 5.69 Å². The molecule has 4 nitrogen and oxygen atoms in total. The third-order valence-corrected chi connectivity index (χ3v) is 3.52. The topological polar surface area (TPSA) is 50.7 Å². The van der Waals surface area contributed by atoms with Crippen LogP contribution in [-0.2, 0) is 7.05 Å². The lowest BCUT2D eigenvalue weighted by atomic mass is 10.4. The molecule has 6 heteroatoms. The summed E-state index contributed by atoms with van der Waals surface area (Å²) in [6.45, 7) is 0. The summed E-state index contributed by atoms with van der Waals surface area (Å²) in [6.07, 6.45) is 0. The van der Waals surface area contributed by atoms with Crippen molar-refractivity contribution in [2.75, 3.05) is 0 Å². The summed E-state index contributed by atoms with van der Waals surface area (Å²) in [5.74, 6) is 0. The minimum absolute atomic E-state index is 0.160. The Labute approximate surface area is 90.2 Å². The lowest BCUT2D eigenvalue weighted by Gasteiger charge is -1.96. The number of hydrogen-bond acceptors (Lipinski definition) is 2. The molecule has 2 aromatic heterocycles. The van der Waals surface area contributed by atoms with E-state index in [0.717, 1.165) is 9.99 Å². The fourth-order valence-corrected chi connectivity index (χ4v) is 1.70. The van der Waals surface area contributed by atoms with Crippen LogP contribution in [0.1, 0.15) is 0 Å². The predicted molar refractivity (Wildman–Crippen MR) is 56.7 cm³/mol. The van der Waals surface area contributed by atoms with E-state index in [0.29, 0.717) is 10.3 Å². The lowest BCUT2D eigenvalue weighted by Crippen LogP contribution is -2.12. The molecule has 0 aliphatic carbocycles. The molecule has 0 spiro atoms. The molecule has 0 amide bonds. The number of nitrogens with zero attached hydrogens (tertiary/aromatic N) is 2. The first kappa shape index (κ1) is 8.96. The molecule has 0 fully saturated rings. The van der Waals surface area contributed by atoms with Crippen molar-refractivity contribution in [3.8, 4) is 0 Å². The van der Waals surface area contributed by atoms with Crippen molar-refractivity contribution in [3.63, 3.8) is 0 Å². The van der Waals surface area contributed by atoms with Crippen molar-refractivity contribution in [2.24, 2.45) is 7.05 Å².